The highest BCUT2D eigenvalue weighted by molar-refractivity contribution is 7.99. The highest BCUT2D eigenvalue weighted by Crippen LogP contribution is 2.32. The fourth-order valence-corrected chi connectivity index (χ4v) is 3.55. The smallest absolute Gasteiger partial charge is 0.277 e. The van der Waals surface area contributed by atoms with Crippen LogP contribution in [-0.2, 0) is 4.79 Å². The van der Waals surface area contributed by atoms with E-state index in [1.54, 1.807) is 48.5 Å². The molecule has 0 spiro atoms. The average molecular weight is 453 g/mol. The van der Waals surface area contributed by atoms with Crippen LogP contribution in [-0.4, -0.2) is 40.7 Å². The minimum atomic E-state index is -0.614. The maximum absolute atomic E-state index is 12.4. The second-order valence-electron chi connectivity index (χ2n) is 6.65. The molecule has 164 valence electrons. The summed E-state index contributed by atoms with van der Waals surface area (Å²) in [4.78, 5) is 43.5. The van der Waals surface area contributed by atoms with E-state index in [2.05, 4.69) is 20.6 Å². The number of hydrogen-bond donors (Lipinski definition) is 4. The molecule has 0 bridgehead atoms. The summed E-state index contributed by atoms with van der Waals surface area (Å²) in [6, 6.07) is 13.5. The largest absolute Gasteiger partial charge is 0.486 e. The van der Waals surface area contributed by atoms with E-state index in [0.717, 1.165) is 11.8 Å². The SMILES string of the molecule is Nc1nc(SCC(=O)Nc2ccc3c(c2)OCCO3)[nH]c(=O)c1NC(=O)c1ccccc1. The van der Waals surface area contributed by atoms with Crippen LogP contribution in [0.1, 0.15) is 10.4 Å². The number of aromatic nitrogens is 2. The van der Waals surface area contributed by atoms with E-state index in [0.29, 0.717) is 36.0 Å². The zero-order chi connectivity index (χ0) is 22.5. The van der Waals surface area contributed by atoms with Gasteiger partial charge in [-0.05, 0) is 24.3 Å². The number of rotatable bonds is 6. The van der Waals surface area contributed by atoms with E-state index < -0.39 is 11.5 Å². The van der Waals surface area contributed by atoms with Gasteiger partial charge in [-0.3, -0.25) is 19.4 Å². The summed E-state index contributed by atoms with van der Waals surface area (Å²) >= 11 is 1.00. The van der Waals surface area contributed by atoms with Crippen molar-refractivity contribution < 1.29 is 19.1 Å². The first-order valence-electron chi connectivity index (χ1n) is 9.58. The molecule has 0 atom stereocenters. The Bertz CT molecular complexity index is 1210. The lowest BCUT2D eigenvalue weighted by Gasteiger charge is -2.19. The fraction of sp³-hybridized carbons (Fsp3) is 0.143. The van der Waals surface area contributed by atoms with Crippen molar-refractivity contribution in [1.82, 2.24) is 9.97 Å². The van der Waals surface area contributed by atoms with Gasteiger partial charge in [0.1, 0.15) is 18.9 Å². The molecule has 2 heterocycles. The van der Waals surface area contributed by atoms with Crippen molar-refractivity contribution in [3.05, 3.63) is 64.4 Å². The van der Waals surface area contributed by atoms with Crippen molar-refractivity contribution in [2.24, 2.45) is 0 Å². The highest BCUT2D eigenvalue weighted by Gasteiger charge is 2.16. The number of fused-ring (bicyclic) bond motifs is 1. The number of amides is 2. The summed E-state index contributed by atoms with van der Waals surface area (Å²) in [5.41, 5.74) is 6.03. The summed E-state index contributed by atoms with van der Waals surface area (Å²) in [6.07, 6.45) is 0. The number of aromatic amines is 1. The molecule has 0 aliphatic carbocycles. The molecule has 3 aromatic rings. The third-order valence-corrected chi connectivity index (χ3v) is 5.24. The van der Waals surface area contributed by atoms with Gasteiger partial charge in [0, 0.05) is 17.3 Å². The zero-order valence-corrected chi connectivity index (χ0v) is 17.5. The number of hydrogen-bond acceptors (Lipinski definition) is 8. The molecule has 0 radical (unpaired) electrons. The molecule has 0 unspecified atom stereocenters. The molecule has 4 rings (SSSR count). The van der Waals surface area contributed by atoms with Crippen molar-refractivity contribution in [3.8, 4) is 11.5 Å². The molecule has 1 aliphatic heterocycles. The fourth-order valence-electron chi connectivity index (χ4n) is 2.89. The van der Waals surface area contributed by atoms with Crippen molar-refractivity contribution in [1.29, 1.82) is 0 Å². The maximum Gasteiger partial charge on any atom is 0.277 e. The Labute approximate surface area is 186 Å². The van der Waals surface area contributed by atoms with Crippen molar-refractivity contribution in [2.75, 3.05) is 35.3 Å². The molecular formula is C21H19N5O5S. The van der Waals surface area contributed by atoms with Crippen LogP contribution in [0.5, 0.6) is 11.5 Å². The van der Waals surface area contributed by atoms with E-state index in [1.807, 2.05) is 0 Å². The third-order valence-electron chi connectivity index (χ3n) is 4.37. The van der Waals surface area contributed by atoms with Crippen molar-refractivity contribution >= 4 is 40.8 Å². The molecular weight excluding hydrogens is 434 g/mol. The van der Waals surface area contributed by atoms with Gasteiger partial charge in [0.2, 0.25) is 5.91 Å². The first kappa shape index (κ1) is 21.2. The van der Waals surface area contributed by atoms with E-state index in [4.69, 9.17) is 15.2 Å². The summed E-state index contributed by atoms with van der Waals surface area (Å²) < 4.78 is 10.9. The molecule has 0 saturated carbocycles. The Morgan fingerprint density at radius 3 is 2.56 bits per heavy atom. The second kappa shape index (κ2) is 9.43. The summed E-state index contributed by atoms with van der Waals surface area (Å²) in [5, 5.41) is 5.36. The predicted molar refractivity (Wildman–Crippen MR) is 120 cm³/mol. The Morgan fingerprint density at radius 2 is 1.81 bits per heavy atom. The molecule has 5 N–H and O–H groups in total. The molecule has 11 heteroatoms. The van der Waals surface area contributed by atoms with Gasteiger partial charge in [-0.1, -0.05) is 30.0 Å². The molecule has 32 heavy (non-hydrogen) atoms. The predicted octanol–water partition coefficient (Wildman–Crippen LogP) is 2.11. The topological polar surface area (TPSA) is 148 Å². The van der Waals surface area contributed by atoms with Gasteiger partial charge in [0.25, 0.3) is 11.5 Å². The standard InChI is InChI=1S/C21H19N5O5S/c22-18-17(24-19(28)12-4-2-1-3-5-12)20(29)26-21(25-18)32-11-16(27)23-13-6-7-14-15(10-13)31-9-8-30-14/h1-7,10H,8-9,11H2,(H,23,27)(H,24,28)(H3,22,25,26,29). The number of nitrogens with two attached hydrogens (primary N) is 1. The lowest BCUT2D eigenvalue weighted by atomic mass is 10.2. The lowest BCUT2D eigenvalue weighted by molar-refractivity contribution is -0.113. The van der Waals surface area contributed by atoms with Gasteiger partial charge in [-0.2, -0.15) is 0 Å². The quantitative estimate of drug-likeness (QED) is 0.328. The summed E-state index contributed by atoms with van der Waals surface area (Å²) in [6.45, 7) is 0.931. The molecule has 0 fully saturated rings. The van der Waals surface area contributed by atoms with Crippen LogP contribution in [0.4, 0.5) is 17.2 Å². The van der Waals surface area contributed by atoms with Gasteiger partial charge in [0.15, 0.2) is 22.5 Å². The molecule has 10 nitrogen and oxygen atoms in total. The average Bonchev–Trinajstić information content (AvgIpc) is 2.80. The van der Waals surface area contributed by atoms with Gasteiger partial charge >= 0.3 is 0 Å². The van der Waals surface area contributed by atoms with Crippen LogP contribution in [0.15, 0.2) is 58.5 Å². The van der Waals surface area contributed by atoms with Gasteiger partial charge in [-0.25, -0.2) is 4.98 Å². The van der Waals surface area contributed by atoms with Crippen molar-refractivity contribution in [2.45, 2.75) is 5.16 Å². The Morgan fingerprint density at radius 1 is 1.06 bits per heavy atom. The zero-order valence-electron chi connectivity index (χ0n) is 16.7. The van der Waals surface area contributed by atoms with Crippen LogP contribution in [0, 0.1) is 0 Å². The molecule has 2 amide bonds. The monoisotopic (exact) mass is 453 g/mol. The molecule has 1 aromatic heterocycles. The van der Waals surface area contributed by atoms with E-state index in [-0.39, 0.29) is 28.3 Å². The van der Waals surface area contributed by atoms with Gasteiger partial charge in [0.05, 0.1) is 5.75 Å². The van der Waals surface area contributed by atoms with Crippen LogP contribution < -0.4 is 31.4 Å². The number of H-pyrrole nitrogens is 1. The van der Waals surface area contributed by atoms with Crippen molar-refractivity contribution in [3.63, 3.8) is 0 Å². The maximum atomic E-state index is 12.4. The van der Waals surface area contributed by atoms with Crippen LogP contribution in [0.25, 0.3) is 0 Å². The van der Waals surface area contributed by atoms with Crippen LogP contribution in [0.3, 0.4) is 0 Å². The number of nitrogens with zero attached hydrogens (tertiary/aromatic N) is 1. The number of nitrogens with one attached hydrogen (secondary N) is 3. The Kier molecular flexibility index (Phi) is 6.26. The Balaban J connectivity index is 1.37. The number of anilines is 3. The minimum absolute atomic E-state index is 0.0213. The third kappa shape index (κ3) is 5.01. The summed E-state index contributed by atoms with van der Waals surface area (Å²) in [7, 11) is 0. The number of carbonyl (C=O) groups is 2. The normalized spacial score (nSPS) is 12.1. The highest BCUT2D eigenvalue weighted by atomic mass is 32.2. The first-order chi connectivity index (χ1) is 15.5. The van der Waals surface area contributed by atoms with Gasteiger partial charge < -0.3 is 25.8 Å². The van der Waals surface area contributed by atoms with E-state index in [1.165, 1.54) is 0 Å². The molecule has 1 aliphatic rings. The number of ether oxygens (including phenoxy) is 2. The second-order valence-corrected chi connectivity index (χ2v) is 7.61. The first-order valence-corrected chi connectivity index (χ1v) is 10.6. The molecule has 0 saturated heterocycles. The van der Waals surface area contributed by atoms with E-state index in [9.17, 15) is 14.4 Å². The number of benzene rings is 2. The number of carbonyl (C=O) groups excluding carboxylic acids is 2. The lowest BCUT2D eigenvalue weighted by Crippen LogP contribution is -2.23. The number of thioether (sulfide) groups is 1. The number of nitrogen functional groups attached to an aromatic ring is 1. The molecule has 2 aromatic carbocycles. The van der Waals surface area contributed by atoms with Gasteiger partial charge in [-0.15, -0.1) is 0 Å². The Hall–Kier alpha value is -3.99. The van der Waals surface area contributed by atoms with Crippen LogP contribution >= 0.6 is 11.8 Å². The summed E-state index contributed by atoms with van der Waals surface area (Å²) in [5.74, 6) is 0.229. The van der Waals surface area contributed by atoms with E-state index >= 15 is 0 Å². The minimum Gasteiger partial charge on any atom is -0.486 e. The van der Waals surface area contributed by atoms with Crippen LogP contribution in [0.2, 0.25) is 0 Å².